The van der Waals surface area contributed by atoms with E-state index in [1.807, 2.05) is 13.8 Å². The van der Waals surface area contributed by atoms with Gasteiger partial charge in [0.2, 0.25) is 0 Å². The Kier molecular flexibility index (Phi) is 3.47. The molecule has 1 atom stereocenters. The Morgan fingerprint density at radius 1 is 1.60 bits per heavy atom. The molecular weight excluding hydrogens is 196 g/mol. The number of oxazole rings is 1. The van der Waals surface area contributed by atoms with E-state index in [0.717, 1.165) is 11.5 Å². The predicted molar refractivity (Wildman–Crippen MR) is 54.7 cm³/mol. The van der Waals surface area contributed by atoms with Crippen LogP contribution in [0, 0.1) is 13.8 Å². The van der Waals surface area contributed by atoms with E-state index in [9.17, 15) is 4.79 Å². The minimum Gasteiger partial charge on any atom is -0.480 e. The van der Waals surface area contributed by atoms with Crippen LogP contribution in [0.4, 0.5) is 0 Å². The van der Waals surface area contributed by atoms with Gasteiger partial charge in [0.05, 0.1) is 18.3 Å². The molecule has 0 aliphatic rings. The van der Waals surface area contributed by atoms with Gasteiger partial charge in [-0.15, -0.1) is 0 Å². The zero-order valence-corrected chi connectivity index (χ0v) is 9.44. The molecule has 0 radical (unpaired) electrons. The average molecular weight is 212 g/mol. The van der Waals surface area contributed by atoms with Crippen molar-refractivity contribution in [3.05, 3.63) is 17.3 Å². The summed E-state index contributed by atoms with van der Waals surface area (Å²) in [4.78, 5) is 16.4. The first-order chi connectivity index (χ1) is 6.91. The second kappa shape index (κ2) is 4.44. The minimum atomic E-state index is -0.849. The maximum atomic E-state index is 10.5. The van der Waals surface area contributed by atoms with Gasteiger partial charge in [0, 0.05) is 6.92 Å². The van der Waals surface area contributed by atoms with Crippen LogP contribution in [0.15, 0.2) is 4.42 Å². The van der Waals surface area contributed by atoms with Gasteiger partial charge in [-0.05, 0) is 20.9 Å². The third-order valence-electron chi connectivity index (χ3n) is 2.36. The number of hydrogen-bond donors (Lipinski definition) is 1. The highest BCUT2D eigenvalue weighted by molar-refractivity contribution is 5.69. The highest BCUT2D eigenvalue weighted by Gasteiger charge is 2.20. The summed E-state index contributed by atoms with van der Waals surface area (Å²) in [7, 11) is 1.75. The molecule has 0 aliphatic heterocycles. The number of hydrogen-bond acceptors (Lipinski definition) is 4. The largest absolute Gasteiger partial charge is 0.480 e. The first kappa shape index (κ1) is 11.7. The molecule has 1 aromatic rings. The molecule has 0 aromatic carbocycles. The van der Waals surface area contributed by atoms with Crippen LogP contribution in [0.5, 0.6) is 0 Å². The highest BCUT2D eigenvalue weighted by atomic mass is 16.4. The maximum Gasteiger partial charge on any atom is 0.317 e. The summed E-state index contributed by atoms with van der Waals surface area (Å²) >= 11 is 0. The third kappa shape index (κ3) is 2.79. The molecule has 15 heavy (non-hydrogen) atoms. The topological polar surface area (TPSA) is 66.6 Å². The molecule has 0 aliphatic carbocycles. The number of aryl methyl sites for hydroxylation is 2. The lowest BCUT2D eigenvalue weighted by molar-refractivity contribution is -0.138. The Morgan fingerprint density at radius 3 is 2.60 bits per heavy atom. The molecule has 1 heterocycles. The Morgan fingerprint density at radius 2 is 2.20 bits per heavy atom. The van der Waals surface area contributed by atoms with Gasteiger partial charge in [-0.25, -0.2) is 4.98 Å². The smallest absolute Gasteiger partial charge is 0.317 e. The van der Waals surface area contributed by atoms with Crippen LogP contribution in [0.2, 0.25) is 0 Å². The van der Waals surface area contributed by atoms with Crippen molar-refractivity contribution in [2.75, 3.05) is 13.6 Å². The number of carboxylic acids is 1. The molecule has 1 N–H and O–H groups in total. The Hall–Kier alpha value is -1.36. The molecule has 0 saturated carbocycles. The van der Waals surface area contributed by atoms with Crippen LogP contribution in [0.3, 0.4) is 0 Å². The maximum absolute atomic E-state index is 10.5. The van der Waals surface area contributed by atoms with E-state index < -0.39 is 5.97 Å². The van der Waals surface area contributed by atoms with E-state index in [1.54, 1.807) is 18.9 Å². The van der Waals surface area contributed by atoms with Crippen LogP contribution in [0.25, 0.3) is 0 Å². The van der Waals surface area contributed by atoms with Crippen molar-refractivity contribution in [3.63, 3.8) is 0 Å². The Labute approximate surface area is 88.7 Å². The second-order valence-electron chi connectivity index (χ2n) is 3.67. The van der Waals surface area contributed by atoms with Crippen molar-refractivity contribution in [1.29, 1.82) is 0 Å². The molecule has 0 saturated heterocycles. The Balaban J connectivity index is 2.79. The molecule has 5 nitrogen and oxygen atoms in total. The van der Waals surface area contributed by atoms with Crippen LogP contribution in [0.1, 0.15) is 30.3 Å². The summed E-state index contributed by atoms with van der Waals surface area (Å²) in [6.07, 6.45) is 0. The van der Waals surface area contributed by atoms with E-state index in [2.05, 4.69) is 4.98 Å². The fourth-order valence-electron chi connectivity index (χ4n) is 1.49. The normalized spacial score (nSPS) is 13.1. The molecule has 1 unspecified atom stereocenters. The van der Waals surface area contributed by atoms with E-state index >= 15 is 0 Å². The summed E-state index contributed by atoms with van der Waals surface area (Å²) in [5.74, 6) is 0.493. The summed E-state index contributed by atoms with van der Waals surface area (Å²) in [6.45, 7) is 5.52. The zero-order chi connectivity index (χ0) is 11.6. The number of aromatic nitrogens is 1. The molecule has 84 valence electrons. The monoisotopic (exact) mass is 212 g/mol. The number of aliphatic carboxylic acids is 1. The van der Waals surface area contributed by atoms with E-state index in [4.69, 9.17) is 9.52 Å². The fourth-order valence-corrected chi connectivity index (χ4v) is 1.49. The molecular formula is C10H16N2O3. The quantitative estimate of drug-likeness (QED) is 0.816. The molecule has 0 spiro atoms. The number of rotatable bonds is 4. The van der Waals surface area contributed by atoms with Crippen molar-refractivity contribution in [2.45, 2.75) is 26.8 Å². The number of likely N-dealkylation sites (N-methyl/N-ethyl adjacent to an activating group) is 1. The fraction of sp³-hybridized carbons (Fsp3) is 0.600. The molecule has 5 heteroatoms. The van der Waals surface area contributed by atoms with Crippen LogP contribution in [-0.2, 0) is 4.79 Å². The molecule has 1 rings (SSSR count). The second-order valence-corrected chi connectivity index (χ2v) is 3.67. The summed E-state index contributed by atoms with van der Waals surface area (Å²) in [6, 6.07) is -0.0812. The lowest BCUT2D eigenvalue weighted by atomic mass is 10.2. The molecule has 1 aromatic heterocycles. The first-order valence-electron chi connectivity index (χ1n) is 4.77. The standard InChI is InChI=1S/C10H16N2O3/c1-6-10(15-8(3)11-6)7(2)12(4)5-9(13)14/h7H,5H2,1-4H3,(H,13,14). The van der Waals surface area contributed by atoms with Gasteiger partial charge in [-0.3, -0.25) is 9.69 Å². The SMILES string of the molecule is Cc1nc(C)c(C(C)N(C)CC(=O)O)o1. The molecule has 0 amide bonds. The number of nitrogens with zero attached hydrogens (tertiary/aromatic N) is 2. The Bertz CT molecular complexity index is 360. The number of carbonyl (C=O) groups is 1. The lowest BCUT2D eigenvalue weighted by Gasteiger charge is -2.20. The summed E-state index contributed by atoms with van der Waals surface area (Å²) < 4.78 is 5.43. The van der Waals surface area contributed by atoms with Crippen molar-refractivity contribution < 1.29 is 14.3 Å². The molecule has 0 fully saturated rings. The van der Waals surface area contributed by atoms with Crippen LogP contribution >= 0.6 is 0 Å². The molecule has 0 bridgehead atoms. The van der Waals surface area contributed by atoms with E-state index in [1.165, 1.54) is 0 Å². The summed E-state index contributed by atoms with van der Waals surface area (Å²) in [5.41, 5.74) is 0.817. The zero-order valence-electron chi connectivity index (χ0n) is 9.44. The average Bonchev–Trinajstić information content (AvgIpc) is 2.42. The third-order valence-corrected chi connectivity index (χ3v) is 2.36. The first-order valence-corrected chi connectivity index (χ1v) is 4.77. The van der Waals surface area contributed by atoms with Crippen molar-refractivity contribution >= 4 is 5.97 Å². The van der Waals surface area contributed by atoms with E-state index in [-0.39, 0.29) is 12.6 Å². The van der Waals surface area contributed by atoms with Gasteiger partial charge in [0.15, 0.2) is 5.89 Å². The van der Waals surface area contributed by atoms with Crippen LogP contribution in [-0.4, -0.2) is 34.6 Å². The van der Waals surface area contributed by atoms with Crippen molar-refractivity contribution in [2.24, 2.45) is 0 Å². The van der Waals surface area contributed by atoms with Crippen molar-refractivity contribution in [1.82, 2.24) is 9.88 Å². The van der Waals surface area contributed by atoms with Crippen LogP contribution < -0.4 is 0 Å². The minimum absolute atomic E-state index is 0.0135. The van der Waals surface area contributed by atoms with Gasteiger partial charge >= 0.3 is 5.97 Å². The van der Waals surface area contributed by atoms with Gasteiger partial charge in [-0.2, -0.15) is 0 Å². The van der Waals surface area contributed by atoms with Crippen molar-refractivity contribution in [3.8, 4) is 0 Å². The highest BCUT2D eigenvalue weighted by Crippen LogP contribution is 2.22. The van der Waals surface area contributed by atoms with Gasteiger partial charge < -0.3 is 9.52 Å². The number of carboxylic acid groups (broad SMARTS) is 1. The van der Waals surface area contributed by atoms with Gasteiger partial charge in [0.1, 0.15) is 5.76 Å². The summed E-state index contributed by atoms with van der Waals surface area (Å²) in [5, 5.41) is 8.67. The predicted octanol–water partition coefficient (Wildman–Crippen LogP) is 1.37. The van der Waals surface area contributed by atoms with Gasteiger partial charge in [0.25, 0.3) is 0 Å². The van der Waals surface area contributed by atoms with Gasteiger partial charge in [-0.1, -0.05) is 0 Å². The lowest BCUT2D eigenvalue weighted by Crippen LogP contribution is -2.28. The van der Waals surface area contributed by atoms with E-state index in [0.29, 0.717) is 5.89 Å².